The first-order valence-corrected chi connectivity index (χ1v) is 8.85. The molecule has 1 aliphatic rings. The van der Waals surface area contributed by atoms with Gasteiger partial charge in [-0.2, -0.15) is 0 Å². The highest BCUT2D eigenvalue weighted by Crippen LogP contribution is 2.25. The van der Waals surface area contributed by atoms with Gasteiger partial charge in [-0.25, -0.2) is 0 Å². The van der Waals surface area contributed by atoms with Crippen molar-refractivity contribution in [1.29, 1.82) is 0 Å². The zero-order valence-corrected chi connectivity index (χ0v) is 15.1. The Balaban J connectivity index is 1.60. The molecular formula is C19H20Cl2N2O. The van der Waals surface area contributed by atoms with E-state index >= 15 is 0 Å². The minimum absolute atomic E-state index is 0.0956. The summed E-state index contributed by atoms with van der Waals surface area (Å²) in [5.41, 5.74) is 2.76. The second kappa shape index (κ2) is 7.45. The van der Waals surface area contributed by atoms with Crippen molar-refractivity contribution in [2.24, 2.45) is 5.92 Å². The molecule has 3 nitrogen and oxygen atoms in total. The lowest BCUT2D eigenvalue weighted by Gasteiger charge is -2.18. The number of nitrogens with one attached hydrogen (secondary N) is 1. The Kier molecular flexibility index (Phi) is 5.32. The van der Waals surface area contributed by atoms with Gasteiger partial charge < -0.3 is 10.2 Å². The lowest BCUT2D eigenvalue weighted by atomic mass is 10.1. The van der Waals surface area contributed by atoms with Crippen molar-refractivity contribution in [3.8, 4) is 0 Å². The average Bonchev–Trinajstić information content (AvgIpc) is 2.97. The van der Waals surface area contributed by atoms with Crippen LogP contribution in [-0.4, -0.2) is 19.0 Å². The molecule has 1 fully saturated rings. The molecule has 0 aromatic heterocycles. The summed E-state index contributed by atoms with van der Waals surface area (Å²) in [7, 11) is 0. The predicted molar refractivity (Wildman–Crippen MR) is 101 cm³/mol. The summed E-state index contributed by atoms with van der Waals surface area (Å²) < 4.78 is 0. The van der Waals surface area contributed by atoms with Gasteiger partial charge >= 0.3 is 0 Å². The largest absolute Gasteiger partial charge is 0.371 e. The summed E-state index contributed by atoms with van der Waals surface area (Å²) in [4.78, 5) is 14.6. The summed E-state index contributed by atoms with van der Waals surface area (Å²) in [5, 5.41) is 3.99. The highest BCUT2D eigenvalue weighted by molar-refractivity contribution is 6.35. The van der Waals surface area contributed by atoms with Crippen molar-refractivity contribution in [2.45, 2.75) is 19.8 Å². The van der Waals surface area contributed by atoms with Crippen LogP contribution >= 0.6 is 23.2 Å². The number of halogens is 2. The maximum atomic E-state index is 12.2. The van der Waals surface area contributed by atoms with Crippen LogP contribution in [0.4, 0.5) is 11.4 Å². The van der Waals surface area contributed by atoms with E-state index in [2.05, 4.69) is 29.3 Å². The topological polar surface area (TPSA) is 32.3 Å². The molecule has 0 bridgehead atoms. The van der Waals surface area contributed by atoms with Crippen molar-refractivity contribution >= 4 is 40.5 Å². The third kappa shape index (κ3) is 4.22. The first-order valence-electron chi connectivity index (χ1n) is 8.10. The maximum absolute atomic E-state index is 12.2. The normalized spacial score (nSPS) is 17.1. The number of hydrogen-bond donors (Lipinski definition) is 1. The van der Waals surface area contributed by atoms with Crippen LogP contribution in [0, 0.1) is 5.92 Å². The zero-order valence-electron chi connectivity index (χ0n) is 13.6. The second-order valence-corrected chi connectivity index (χ2v) is 7.19. The molecule has 2 aromatic carbocycles. The second-order valence-electron chi connectivity index (χ2n) is 6.35. The van der Waals surface area contributed by atoms with E-state index in [-0.39, 0.29) is 12.3 Å². The van der Waals surface area contributed by atoms with Crippen molar-refractivity contribution in [3.63, 3.8) is 0 Å². The number of amides is 1. The molecule has 1 atom stereocenters. The number of carbonyl (C=O) groups excluding carboxylic acids is 1. The molecule has 1 aliphatic heterocycles. The quantitative estimate of drug-likeness (QED) is 0.827. The van der Waals surface area contributed by atoms with Gasteiger partial charge in [0.05, 0.1) is 6.42 Å². The van der Waals surface area contributed by atoms with Gasteiger partial charge in [-0.15, -0.1) is 0 Å². The number of rotatable bonds is 4. The minimum atomic E-state index is -0.0956. The molecule has 2 aromatic rings. The number of nitrogens with zero attached hydrogens (tertiary/aromatic N) is 1. The van der Waals surface area contributed by atoms with Gasteiger partial charge in [0.15, 0.2) is 0 Å². The Hall–Kier alpha value is -1.71. The summed E-state index contributed by atoms with van der Waals surface area (Å²) in [6.45, 7) is 4.47. The van der Waals surface area contributed by atoms with Gasteiger partial charge in [-0.05, 0) is 54.3 Å². The number of hydrogen-bond acceptors (Lipinski definition) is 2. The van der Waals surface area contributed by atoms with Crippen LogP contribution in [0.15, 0.2) is 42.5 Å². The Bertz CT molecular complexity index is 731. The summed E-state index contributed by atoms with van der Waals surface area (Å²) in [6.07, 6.45) is 1.46. The smallest absolute Gasteiger partial charge is 0.228 e. The Morgan fingerprint density at radius 2 is 1.96 bits per heavy atom. The van der Waals surface area contributed by atoms with E-state index in [1.165, 1.54) is 12.1 Å². The molecule has 3 rings (SSSR count). The predicted octanol–water partition coefficient (Wildman–Crippen LogP) is 5.02. The molecule has 0 spiro atoms. The third-order valence-electron chi connectivity index (χ3n) is 4.31. The highest BCUT2D eigenvalue weighted by Gasteiger charge is 2.18. The third-order valence-corrected chi connectivity index (χ3v) is 4.89. The van der Waals surface area contributed by atoms with Crippen LogP contribution in [0.25, 0.3) is 0 Å². The van der Waals surface area contributed by atoms with E-state index < -0.39 is 0 Å². The van der Waals surface area contributed by atoms with Gasteiger partial charge in [0.2, 0.25) is 5.91 Å². The van der Waals surface area contributed by atoms with Crippen LogP contribution in [0.5, 0.6) is 0 Å². The first kappa shape index (κ1) is 17.1. The molecule has 0 saturated carbocycles. The molecule has 126 valence electrons. The van der Waals surface area contributed by atoms with Crippen LogP contribution in [0.2, 0.25) is 10.0 Å². The SMILES string of the molecule is CC1CCN(c2ccc(NC(=O)Cc3ccc(Cl)cc3Cl)cc2)C1. The van der Waals surface area contributed by atoms with Crippen molar-refractivity contribution in [1.82, 2.24) is 0 Å². The Labute approximate surface area is 152 Å². The van der Waals surface area contributed by atoms with Gasteiger partial charge in [0.1, 0.15) is 0 Å². The van der Waals surface area contributed by atoms with E-state index in [0.29, 0.717) is 10.0 Å². The van der Waals surface area contributed by atoms with Crippen LogP contribution in [0.3, 0.4) is 0 Å². The molecule has 1 heterocycles. The molecule has 24 heavy (non-hydrogen) atoms. The monoisotopic (exact) mass is 362 g/mol. The average molecular weight is 363 g/mol. The van der Waals surface area contributed by atoms with Crippen molar-refractivity contribution < 1.29 is 4.79 Å². The maximum Gasteiger partial charge on any atom is 0.228 e. The fourth-order valence-corrected chi connectivity index (χ4v) is 3.44. The zero-order chi connectivity index (χ0) is 17.1. The Morgan fingerprint density at radius 1 is 1.21 bits per heavy atom. The molecule has 1 N–H and O–H groups in total. The molecular weight excluding hydrogens is 343 g/mol. The summed E-state index contributed by atoms with van der Waals surface area (Å²) in [5.74, 6) is 0.648. The van der Waals surface area contributed by atoms with E-state index in [4.69, 9.17) is 23.2 Å². The lowest BCUT2D eigenvalue weighted by molar-refractivity contribution is -0.115. The molecule has 1 unspecified atom stereocenters. The standard InChI is InChI=1S/C19H20Cl2N2O/c1-13-8-9-23(12-13)17-6-4-16(5-7-17)22-19(24)10-14-2-3-15(20)11-18(14)21/h2-7,11,13H,8-10,12H2,1H3,(H,22,24). The minimum Gasteiger partial charge on any atom is -0.371 e. The van der Waals surface area contributed by atoms with Crippen molar-refractivity contribution in [3.05, 3.63) is 58.1 Å². The van der Waals surface area contributed by atoms with Crippen LogP contribution in [-0.2, 0) is 11.2 Å². The van der Waals surface area contributed by atoms with Crippen LogP contribution < -0.4 is 10.2 Å². The molecule has 1 amide bonds. The number of anilines is 2. The molecule has 0 radical (unpaired) electrons. The fraction of sp³-hybridized carbons (Fsp3) is 0.316. The number of carbonyl (C=O) groups is 1. The Morgan fingerprint density at radius 3 is 2.58 bits per heavy atom. The molecule has 5 heteroatoms. The van der Waals surface area contributed by atoms with E-state index in [9.17, 15) is 4.79 Å². The van der Waals surface area contributed by atoms with Gasteiger partial charge in [-0.3, -0.25) is 4.79 Å². The van der Waals surface area contributed by atoms with Gasteiger partial charge in [-0.1, -0.05) is 36.2 Å². The first-order chi connectivity index (χ1) is 11.5. The lowest BCUT2D eigenvalue weighted by Crippen LogP contribution is -2.19. The van der Waals surface area contributed by atoms with Gasteiger partial charge in [0, 0.05) is 34.5 Å². The van der Waals surface area contributed by atoms with Crippen LogP contribution in [0.1, 0.15) is 18.9 Å². The highest BCUT2D eigenvalue weighted by atomic mass is 35.5. The summed E-state index contributed by atoms with van der Waals surface area (Å²) in [6, 6.07) is 13.2. The van der Waals surface area contributed by atoms with E-state index in [1.807, 2.05) is 12.1 Å². The molecule has 0 aliphatic carbocycles. The fourth-order valence-electron chi connectivity index (χ4n) is 2.97. The van der Waals surface area contributed by atoms with Gasteiger partial charge in [0.25, 0.3) is 0 Å². The summed E-state index contributed by atoms with van der Waals surface area (Å²) >= 11 is 12.0. The number of benzene rings is 2. The molecule has 1 saturated heterocycles. The van der Waals surface area contributed by atoms with Crippen molar-refractivity contribution in [2.75, 3.05) is 23.3 Å². The van der Waals surface area contributed by atoms with E-state index in [0.717, 1.165) is 30.3 Å². The van der Waals surface area contributed by atoms with E-state index in [1.54, 1.807) is 18.2 Å².